The molecule has 1 saturated heterocycles. The summed E-state index contributed by atoms with van der Waals surface area (Å²) < 4.78 is 5.76. The molecule has 1 aromatic rings. The summed E-state index contributed by atoms with van der Waals surface area (Å²) in [6.07, 6.45) is 2.11. The van der Waals surface area contributed by atoms with Gasteiger partial charge in [0.25, 0.3) is 5.91 Å². The summed E-state index contributed by atoms with van der Waals surface area (Å²) in [6, 6.07) is 5.45. The number of hydrogen-bond donors (Lipinski definition) is 1. The van der Waals surface area contributed by atoms with E-state index in [-0.39, 0.29) is 11.7 Å². The van der Waals surface area contributed by atoms with E-state index in [1.165, 1.54) is 6.92 Å². The third-order valence-electron chi connectivity index (χ3n) is 3.27. The molecule has 0 bridgehead atoms. The van der Waals surface area contributed by atoms with E-state index in [0.717, 1.165) is 18.4 Å². The molecule has 1 unspecified atom stereocenters. The summed E-state index contributed by atoms with van der Waals surface area (Å²) >= 11 is 0. The highest BCUT2D eigenvalue weighted by Crippen LogP contribution is 2.23. The van der Waals surface area contributed by atoms with Gasteiger partial charge in [0, 0.05) is 6.54 Å². The third kappa shape index (κ3) is 3.34. The molecule has 2 rings (SSSR count). The number of carbonyl (C=O) groups excluding carboxylic acids is 2. The number of rotatable bonds is 3. The predicted octanol–water partition coefficient (Wildman–Crippen LogP) is 2.25. The Kier molecular flexibility index (Phi) is 4.20. The quantitative estimate of drug-likeness (QED) is 0.849. The van der Waals surface area contributed by atoms with Gasteiger partial charge in [-0.3, -0.25) is 9.59 Å². The van der Waals surface area contributed by atoms with Gasteiger partial charge in [0.2, 0.25) is 0 Å². The van der Waals surface area contributed by atoms with Crippen molar-refractivity contribution < 1.29 is 14.3 Å². The summed E-state index contributed by atoms with van der Waals surface area (Å²) in [4.78, 5) is 23.5. The smallest absolute Gasteiger partial charge is 0.261 e. The molecule has 1 aromatic carbocycles. The topological polar surface area (TPSA) is 55.4 Å². The fourth-order valence-corrected chi connectivity index (χ4v) is 2.20. The van der Waals surface area contributed by atoms with Crippen LogP contribution in [-0.4, -0.2) is 24.3 Å². The van der Waals surface area contributed by atoms with Crippen LogP contribution >= 0.6 is 0 Å². The van der Waals surface area contributed by atoms with Crippen molar-refractivity contribution in [2.45, 2.75) is 39.2 Å². The van der Waals surface area contributed by atoms with Crippen molar-refractivity contribution in [1.82, 2.24) is 5.32 Å². The molecule has 1 heterocycles. The molecular weight excluding hydrogens is 242 g/mol. The maximum absolute atomic E-state index is 11.8. The predicted molar refractivity (Wildman–Crippen MR) is 72.5 cm³/mol. The summed E-state index contributed by atoms with van der Waals surface area (Å²) in [5.74, 6) is 0.362. The first-order valence-electron chi connectivity index (χ1n) is 6.64. The van der Waals surface area contributed by atoms with Crippen LogP contribution in [0.4, 0.5) is 0 Å². The first-order chi connectivity index (χ1) is 9.08. The second-order valence-electron chi connectivity index (χ2n) is 4.95. The molecule has 4 nitrogen and oxygen atoms in total. The van der Waals surface area contributed by atoms with Crippen LogP contribution in [-0.2, 0) is 4.79 Å². The van der Waals surface area contributed by atoms with Crippen molar-refractivity contribution in [2.24, 2.45) is 0 Å². The second-order valence-corrected chi connectivity index (χ2v) is 4.95. The highest BCUT2D eigenvalue weighted by Gasteiger charge is 2.23. The van der Waals surface area contributed by atoms with E-state index in [0.29, 0.717) is 24.3 Å². The van der Waals surface area contributed by atoms with Crippen LogP contribution in [0.3, 0.4) is 0 Å². The van der Waals surface area contributed by atoms with E-state index in [4.69, 9.17) is 4.74 Å². The molecule has 0 aliphatic carbocycles. The summed E-state index contributed by atoms with van der Waals surface area (Å²) in [5.41, 5.74) is 1.54. The van der Waals surface area contributed by atoms with Crippen LogP contribution < -0.4 is 10.1 Å². The lowest BCUT2D eigenvalue weighted by Gasteiger charge is -2.18. The molecule has 0 saturated carbocycles. The number of amides is 1. The fourth-order valence-electron chi connectivity index (χ4n) is 2.20. The number of ether oxygens (including phenoxy) is 1. The van der Waals surface area contributed by atoms with E-state index in [9.17, 15) is 9.59 Å². The molecule has 102 valence electrons. The van der Waals surface area contributed by atoms with E-state index in [1.54, 1.807) is 12.1 Å². The largest absolute Gasteiger partial charge is 0.480 e. The van der Waals surface area contributed by atoms with Crippen molar-refractivity contribution in [3.63, 3.8) is 0 Å². The van der Waals surface area contributed by atoms with E-state index >= 15 is 0 Å². The first kappa shape index (κ1) is 13.6. The van der Waals surface area contributed by atoms with Gasteiger partial charge in [-0.25, -0.2) is 0 Å². The van der Waals surface area contributed by atoms with Crippen molar-refractivity contribution in [2.75, 3.05) is 6.54 Å². The Hall–Kier alpha value is -1.84. The highest BCUT2D eigenvalue weighted by molar-refractivity contribution is 5.97. The van der Waals surface area contributed by atoms with Gasteiger partial charge in [-0.15, -0.1) is 0 Å². The van der Waals surface area contributed by atoms with Crippen molar-refractivity contribution >= 4 is 11.7 Å². The Morgan fingerprint density at radius 2 is 2.16 bits per heavy atom. The number of ketones is 1. The number of benzene rings is 1. The average molecular weight is 261 g/mol. The highest BCUT2D eigenvalue weighted by atomic mass is 16.5. The minimum absolute atomic E-state index is 0.0484. The monoisotopic (exact) mass is 261 g/mol. The molecule has 19 heavy (non-hydrogen) atoms. The lowest BCUT2D eigenvalue weighted by molar-refractivity contribution is -0.127. The Morgan fingerprint density at radius 3 is 2.89 bits per heavy atom. The molecule has 0 radical (unpaired) electrons. The zero-order chi connectivity index (χ0) is 13.8. The zero-order valence-corrected chi connectivity index (χ0v) is 11.4. The van der Waals surface area contributed by atoms with Gasteiger partial charge in [-0.2, -0.15) is 0 Å². The lowest BCUT2D eigenvalue weighted by Crippen LogP contribution is -2.36. The second kappa shape index (κ2) is 5.87. The number of carbonyl (C=O) groups is 2. The number of aryl methyl sites for hydroxylation is 1. The molecule has 0 aromatic heterocycles. The SMILES string of the molecule is CC(=O)c1cc(C)ccc1OC1CCCCNC1=O. The summed E-state index contributed by atoms with van der Waals surface area (Å²) in [6.45, 7) is 4.13. The van der Waals surface area contributed by atoms with Crippen LogP contribution in [0.1, 0.15) is 42.1 Å². The van der Waals surface area contributed by atoms with Crippen LogP contribution in [0.25, 0.3) is 0 Å². The maximum Gasteiger partial charge on any atom is 0.261 e. The Balaban J connectivity index is 2.22. The molecular formula is C15H19NO3. The molecule has 1 amide bonds. The van der Waals surface area contributed by atoms with E-state index in [1.807, 2.05) is 13.0 Å². The molecule has 1 fully saturated rings. The Labute approximate surface area is 113 Å². The number of Topliss-reactive ketones (excluding diaryl/α,β-unsaturated/α-hetero) is 1. The summed E-state index contributed by atoms with van der Waals surface area (Å²) in [5, 5.41) is 2.83. The molecule has 1 atom stereocenters. The Bertz CT molecular complexity index is 496. The van der Waals surface area contributed by atoms with Gasteiger partial charge in [-0.05, 0) is 45.2 Å². The van der Waals surface area contributed by atoms with Crippen molar-refractivity contribution in [1.29, 1.82) is 0 Å². The van der Waals surface area contributed by atoms with E-state index < -0.39 is 6.10 Å². The minimum atomic E-state index is -0.497. The van der Waals surface area contributed by atoms with Gasteiger partial charge < -0.3 is 10.1 Å². The van der Waals surface area contributed by atoms with Crippen LogP contribution in [0.5, 0.6) is 5.75 Å². The third-order valence-corrected chi connectivity index (χ3v) is 3.27. The zero-order valence-electron chi connectivity index (χ0n) is 11.4. The average Bonchev–Trinajstić information content (AvgIpc) is 2.57. The number of nitrogens with one attached hydrogen (secondary N) is 1. The molecule has 1 N–H and O–H groups in total. The lowest BCUT2D eigenvalue weighted by atomic mass is 10.1. The number of hydrogen-bond acceptors (Lipinski definition) is 3. The molecule has 0 spiro atoms. The van der Waals surface area contributed by atoms with Crippen molar-refractivity contribution in [3.05, 3.63) is 29.3 Å². The van der Waals surface area contributed by atoms with Gasteiger partial charge in [0.05, 0.1) is 5.56 Å². The standard InChI is InChI=1S/C15H19NO3/c1-10-6-7-13(12(9-10)11(2)17)19-14-5-3-4-8-16-15(14)18/h6-7,9,14H,3-5,8H2,1-2H3,(H,16,18). The van der Waals surface area contributed by atoms with Crippen LogP contribution in [0.2, 0.25) is 0 Å². The van der Waals surface area contributed by atoms with Crippen LogP contribution in [0.15, 0.2) is 18.2 Å². The van der Waals surface area contributed by atoms with Gasteiger partial charge in [-0.1, -0.05) is 11.6 Å². The van der Waals surface area contributed by atoms with Gasteiger partial charge in [0.15, 0.2) is 11.9 Å². The minimum Gasteiger partial charge on any atom is -0.480 e. The molecule has 1 aliphatic rings. The molecule has 1 aliphatic heterocycles. The fraction of sp³-hybridized carbons (Fsp3) is 0.467. The normalized spacial score (nSPS) is 19.5. The Morgan fingerprint density at radius 1 is 1.37 bits per heavy atom. The first-order valence-corrected chi connectivity index (χ1v) is 6.64. The van der Waals surface area contributed by atoms with Gasteiger partial charge in [0.1, 0.15) is 5.75 Å². The van der Waals surface area contributed by atoms with E-state index in [2.05, 4.69) is 5.32 Å². The van der Waals surface area contributed by atoms with Crippen molar-refractivity contribution in [3.8, 4) is 5.75 Å². The maximum atomic E-state index is 11.8. The summed E-state index contributed by atoms with van der Waals surface area (Å²) in [7, 11) is 0. The van der Waals surface area contributed by atoms with Crippen LogP contribution in [0, 0.1) is 6.92 Å². The van der Waals surface area contributed by atoms with Gasteiger partial charge >= 0.3 is 0 Å². The molecule has 4 heteroatoms.